The van der Waals surface area contributed by atoms with Crippen LogP contribution in [0.2, 0.25) is 0 Å². The number of hydrogen-bond donors (Lipinski definition) is 2. The van der Waals surface area contributed by atoms with Gasteiger partial charge in [-0.05, 0) is 30.3 Å². The van der Waals surface area contributed by atoms with E-state index in [-0.39, 0.29) is 11.7 Å². The highest BCUT2D eigenvalue weighted by Gasteiger charge is 2.15. The molecular formula is C20H17N3O4S. The van der Waals surface area contributed by atoms with Crippen molar-refractivity contribution in [1.82, 2.24) is 15.8 Å². The van der Waals surface area contributed by atoms with Crippen LogP contribution in [0.3, 0.4) is 0 Å². The van der Waals surface area contributed by atoms with Crippen LogP contribution in [0, 0.1) is 0 Å². The molecule has 0 radical (unpaired) electrons. The van der Waals surface area contributed by atoms with E-state index in [9.17, 15) is 9.59 Å². The topological polar surface area (TPSA) is 89.6 Å². The number of ether oxygens (including phenoxy) is 2. The van der Waals surface area contributed by atoms with E-state index in [4.69, 9.17) is 9.47 Å². The second-order valence-electron chi connectivity index (χ2n) is 5.98. The van der Waals surface area contributed by atoms with Crippen LogP contribution in [0.4, 0.5) is 0 Å². The number of hydrazine groups is 1. The number of thioether (sulfide) groups is 1. The zero-order valence-corrected chi connectivity index (χ0v) is 15.6. The Balaban J connectivity index is 1.32. The first-order chi connectivity index (χ1) is 13.7. The molecular weight excluding hydrogens is 378 g/mol. The number of rotatable bonds is 4. The molecule has 0 saturated heterocycles. The third-order valence-corrected chi connectivity index (χ3v) is 5.12. The van der Waals surface area contributed by atoms with Crippen molar-refractivity contribution in [3.05, 3.63) is 60.3 Å². The lowest BCUT2D eigenvalue weighted by Crippen LogP contribution is -2.42. The van der Waals surface area contributed by atoms with Crippen molar-refractivity contribution < 1.29 is 19.1 Å². The van der Waals surface area contributed by atoms with Crippen LogP contribution in [0.15, 0.2) is 59.6 Å². The average Bonchev–Trinajstić information content (AvgIpc) is 2.75. The minimum Gasteiger partial charge on any atom is -0.486 e. The molecule has 0 aliphatic carbocycles. The SMILES string of the molecule is O=C(CSc1cccc2cccnc12)NNC(=O)c1ccc2c(c1)OCCO2. The normalized spacial score (nSPS) is 12.4. The van der Waals surface area contributed by atoms with Gasteiger partial charge in [-0.3, -0.25) is 25.4 Å². The summed E-state index contributed by atoms with van der Waals surface area (Å²) in [6.07, 6.45) is 1.72. The molecule has 28 heavy (non-hydrogen) atoms. The van der Waals surface area contributed by atoms with Gasteiger partial charge >= 0.3 is 0 Å². The van der Waals surface area contributed by atoms with E-state index < -0.39 is 5.91 Å². The van der Waals surface area contributed by atoms with Crippen molar-refractivity contribution in [1.29, 1.82) is 0 Å². The van der Waals surface area contributed by atoms with E-state index in [1.165, 1.54) is 11.8 Å². The molecule has 8 heteroatoms. The lowest BCUT2D eigenvalue weighted by Gasteiger charge is -2.18. The molecule has 0 fully saturated rings. The second kappa shape index (κ2) is 8.18. The standard InChI is InChI=1S/C20H17N3O4S/c24-18(12-28-17-5-1-3-13-4-2-8-21-19(13)17)22-23-20(25)14-6-7-15-16(11-14)27-10-9-26-15/h1-8,11H,9-10,12H2,(H,22,24)(H,23,25). The number of pyridine rings is 1. The number of aromatic nitrogens is 1. The van der Waals surface area contributed by atoms with Gasteiger partial charge in [0.1, 0.15) is 13.2 Å². The van der Waals surface area contributed by atoms with Gasteiger partial charge in [-0.1, -0.05) is 18.2 Å². The van der Waals surface area contributed by atoms with Crippen molar-refractivity contribution in [3.63, 3.8) is 0 Å². The van der Waals surface area contributed by atoms with Gasteiger partial charge in [0.2, 0.25) is 5.91 Å². The number of nitrogens with one attached hydrogen (secondary N) is 2. The van der Waals surface area contributed by atoms with Gasteiger partial charge in [0.05, 0.1) is 11.3 Å². The van der Waals surface area contributed by atoms with Crippen LogP contribution < -0.4 is 20.3 Å². The van der Waals surface area contributed by atoms with Gasteiger partial charge in [-0.15, -0.1) is 11.8 Å². The highest BCUT2D eigenvalue weighted by molar-refractivity contribution is 8.00. The average molecular weight is 395 g/mol. The Morgan fingerprint density at radius 2 is 1.82 bits per heavy atom. The highest BCUT2D eigenvalue weighted by Crippen LogP contribution is 2.30. The maximum absolute atomic E-state index is 12.2. The predicted octanol–water partition coefficient (Wildman–Crippen LogP) is 2.56. The largest absolute Gasteiger partial charge is 0.486 e. The fourth-order valence-corrected chi connectivity index (χ4v) is 3.60. The Kier molecular flexibility index (Phi) is 5.29. The van der Waals surface area contributed by atoms with Crippen LogP contribution in [-0.4, -0.2) is 35.8 Å². The molecule has 4 rings (SSSR count). The number of amides is 2. The van der Waals surface area contributed by atoms with Gasteiger partial charge in [0.15, 0.2) is 11.5 Å². The van der Waals surface area contributed by atoms with E-state index in [1.54, 1.807) is 24.4 Å². The fraction of sp³-hybridized carbons (Fsp3) is 0.150. The molecule has 0 bridgehead atoms. The van der Waals surface area contributed by atoms with E-state index in [0.717, 1.165) is 15.8 Å². The molecule has 1 aromatic heterocycles. The van der Waals surface area contributed by atoms with E-state index in [1.807, 2.05) is 30.3 Å². The van der Waals surface area contributed by atoms with E-state index >= 15 is 0 Å². The summed E-state index contributed by atoms with van der Waals surface area (Å²) in [5.74, 6) is 0.527. The molecule has 0 spiro atoms. The van der Waals surface area contributed by atoms with Gasteiger partial charge in [0.25, 0.3) is 5.91 Å². The molecule has 0 saturated carbocycles. The van der Waals surface area contributed by atoms with Crippen LogP contribution in [0.25, 0.3) is 10.9 Å². The fourth-order valence-electron chi connectivity index (χ4n) is 2.76. The third kappa shape index (κ3) is 4.01. The van der Waals surface area contributed by atoms with Crippen LogP contribution in [0.5, 0.6) is 11.5 Å². The number of hydrogen-bond acceptors (Lipinski definition) is 6. The van der Waals surface area contributed by atoms with E-state index in [2.05, 4.69) is 15.8 Å². The zero-order valence-electron chi connectivity index (χ0n) is 14.8. The quantitative estimate of drug-likeness (QED) is 0.521. The number of nitrogens with zero attached hydrogens (tertiary/aromatic N) is 1. The summed E-state index contributed by atoms with van der Waals surface area (Å²) in [4.78, 5) is 29.6. The third-order valence-electron chi connectivity index (χ3n) is 4.07. The Hall–Kier alpha value is -3.26. The first-order valence-corrected chi connectivity index (χ1v) is 9.64. The summed E-state index contributed by atoms with van der Waals surface area (Å²) < 4.78 is 10.9. The zero-order chi connectivity index (χ0) is 19.3. The molecule has 3 aromatic rings. The smallest absolute Gasteiger partial charge is 0.269 e. The van der Waals surface area contributed by atoms with Gasteiger partial charge in [-0.25, -0.2) is 0 Å². The molecule has 7 nitrogen and oxygen atoms in total. The molecule has 1 aliphatic heterocycles. The summed E-state index contributed by atoms with van der Waals surface area (Å²) in [5, 5.41) is 1.01. The Labute approximate surface area is 165 Å². The van der Waals surface area contributed by atoms with Crippen LogP contribution in [-0.2, 0) is 4.79 Å². The molecule has 2 amide bonds. The second-order valence-corrected chi connectivity index (χ2v) is 7.00. The van der Waals surface area contributed by atoms with E-state index in [0.29, 0.717) is 30.3 Å². The lowest BCUT2D eigenvalue weighted by molar-refractivity contribution is -0.119. The monoisotopic (exact) mass is 395 g/mol. The maximum atomic E-state index is 12.2. The molecule has 1 aliphatic rings. The van der Waals surface area contributed by atoms with Crippen molar-refractivity contribution in [2.75, 3.05) is 19.0 Å². The maximum Gasteiger partial charge on any atom is 0.269 e. The first kappa shape index (κ1) is 18.1. The van der Waals surface area contributed by atoms with Gasteiger partial charge in [0, 0.05) is 22.0 Å². The summed E-state index contributed by atoms with van der Waals surface area (Å²) in [5.41, 5.74) is 6.06. The Morgan fingerprint density at radius 3 is 2.71 bits per heavy atom. The summed E-state index contributed by atoms with van der Waals surface area (Å²) >= 11 is 1.36. The predicted molar refractivity (Wildman–Crippen MR) is 106 cm³/mol. The van der Waals surface area contributed by atoms with Crippen molar-refractivity contribution in [3.8, 4) is 11.5 Å². The summed E-state index contributed by atoms with van der Waals surface area (Å²) in [6.45, 7) is 0.924. The summed E-state index contributed by atoms with van der Waals surface area (Å²) in [7, 11) is 0. The van der Waals surface area contributed by atoms with Crippen molar-refractivity contribution >= 4 is 34.5 Å². The molecule has 2 heterocycles. The molecule has 2 aromatic carbocycles. The van der Waals surface area contributed by atoms with Crippen molar-refractivity contribution in [2.45, 2.75) is 4.90 Å². The molecule has 0 atom stereocenters. The minimum absolute atomic E-state index is 0.150. The number of carbonyl (C=O) groups excluding carboxylic acids is 2. The Bertz CT molecular complexity index is 1040. The molecule has 2 N–H and O–H groups in total. The summed E-state index contributed by atoms with van der Waals surface area (Å²) in [6, 6.07) is 14.5. The van der Waals surface area contributed by atoms with Crippen LogP contribution in [0.1, 0.15) is 10.4 Å². The minimum atomic E-state index is -0.429. The van der Waals surface area contributed by atoms with Gasteiger partial charge < -0.3 is 9.47 Å². The first-order valence-electron chi connectivity index (χ1n) is 8.66. The lowest BCUT2D eigenvalue weighted by atomic mass is 10.2. The molecule has 0 unspecified atom stereocenters. The van der Waals surface area contributed by atoms with Crippen molar-refractivity contribution in [2.24, 2.45) is 0 Å². The number of para-hydroxylation sites is 1. The number of carbonyl (C=O) groups is 2. The van der Waals surface area contributed by atoms with Crippen LogP contribution >= 0.6 is 11.8 Å². The Morgan fingerprint density at radius 1 is 1.00 bits per heavy atom. The molecule has 142 valence electrons. The number of fused-ring (bicyclic) bond motifs is 2. The highest BCUT2D eigenvalue weighted by atomic mass is 32.2. The van der Waals surface area contributed by atoms with Gasteiger partial charge in [-0.2, -0.15) is 0 Å². The number of benzene rings is 2.